The van der Waals surface area contributed by atoms with Gasteiger partial charge in [0.1, 0.15) is 0 Å². The zero-order valence-electron chi connectivity index (χ0n) is 1.83. The van der Waals surface area contributed by atoms with Crippen LogP contribution in [0.15, 0.2) is 0 Å². The van der Waals surface area contributed by atoms with Crippen LogP contribution in [0.25, 0.3) is 0 Å². The third-order valence-electron chi connectivity index (χ3n) is 0. The van der Waals surface area contributed by atoms with Crippen LogP contribution in [0.1, 0.15) is 0 Å². The van der Waals surface area contributed by atoms with Crippen LogP contribution in [-0.2, 0) is 36.5 Å². The van der Waals surface area contributed by atoms with E-state index in [9.17, 15) is 0 Å². The maximum atomic E-state index is 0. The summed E-state index contributed by atoms with van der Waals surface area (Å²) < 4.78 is 0. The minimum absolute atomic E-state index is 0. The van der Waals surface area contributed by atoms with Crippen LogP contribution in [0.2, 0.25) is 0 Å². The van der Waals surface area contributed by atoms with E-state index in [0.717, 1.165) is 0 Å². The topological polar surface area (TPSA) is 85.5 Å². The summed E-state index contributed by atoms with van der Waals surface area (Å²) >= 11 is 0. The van der Waals surface area contributed by atoms with Gasteiger partial charge in [0.2, 0.25) is 0 Å². The Bertz CT molecular complexity index is 6.85. The van der Waals surface area contributed by atoms with Gasteiger partial charge in [-0.3, -0.25) is 0 Å². The average Bonchev–Trinajstić information content (AvgIpc) is 0. The Balaban J connectivity index is 0. The van der Waals surface area contributed by atoms with E-state index in [1.807, 2.05) is 0 Å². The molecule has 41 valence electrons. The third kappa shape index (κ3) is 23.6. The van der Waals surface area contributed by atoms with Gasteiger partial charge in [-0.25, -0.2) is 0 Å². The second-order valence-corrected chi connectivity index (χ2v) is 0. The first-order valence-electron chi connectivity index (χ1n) is 0. The van der Waals surface area contributed by atoms with E-state index in [1.165, 1.54) is 0 Å². The second-order valence-electron chi connectivity index (χ2n) is 0. The van der Waals surface area contributed by atoms with Crippen LogP contribution in [0.5, 0.6) is 0 Å². The van der Waals surface area contributed by atoms with E-state index in [2.05, 4.69) is 0 Å². The van der Waals surface area contributed by atoms with Gasteiger partial charge in [0.15, 0.2) is 0 Å². The van der Waals surface area contributed by atoms with Crippen molar-refractivity contribution in [3.05, 3.63) is 0 Å². The largest absolute Gasteiger partial charge is 3.00 e. The molecule has 0 aliphatic carbocycles. The van der Waals surface area contributed by atoms with E-state index in [0.29, 0.717) is 0 Å². The Hall–Kier alpha value is 2.05. The summed E-state index contributed by atoms with van der Waals surface area (Å²) in [6.07, 6.45) is 0. The van der Waals surface area contributed by atoms with Crippen molar-refractivity contribution in [2.45, 2.75) is 0 Å². The van der Waals surface area contributed by atoms with Gasteiger partial charge in [0, 0.05) is 0 Å². The average molecular weight is 413 g/mol. The summed E-state index contributed by atoms with van der Waals surface area (Å²) in [5.41, 5.74) is 0. The fraction of sp³-hybridized carbons (Fsp3) is 0. The maximum Gasteiger partial charge on any atom is 3.00 e. The van der Waals surface area contributed by atoms with Gasteiger partial charge in [-0.1, -0.05) is 0 Å². The van der Waals surface area contributed by atoms with Crippen LogP contribution in [0.3, 0.4) is 0 Å². The Morgan fingerprint density at radius 3 is 0.600 bits per heavy atom. The van der Waals surface area contributed by atoms with E-state index < -0.39 is 0 Å². The summed E-state index contributed by atoms with van der Waals surface area (Å²) in [4.78, 5) is 0. The molecule has 0 saturated heterocycles. The molecule has 1 radical (unpaired) electrons. The zero-order valence-corrected chi connectivity index (χ0v) is 5.94. The molecular weight excluding hydrogens is 413 g/mol. The molecule has 0 aliphatic heterocycles. The van der Waals surface area contributed by atoms with Crippen LogP contribution < -0.4 is 0 Å². The van der Waals surface area contributed by atoms with Crippen LogP contribution in [-0.4, -0.2) is 0 Å². The van der Waals surface area contributed by atoms with E-state index in [1.54, 1.807) is 0 Å². The molecule has 5 heteroatoms. The monoisotopic (exact) mass is 415 g/mol. The van der Waals surface area contributed by atoms with Gasteiger partial charge in [0.05, 0.1) is 0 Å². The van der Waals surface area contributed by atoms with E-state index in [-0.39, 0.29) is 83.5 Å². The van der Waals surface area contributed by atoms with Gasteiger partial charge >= 0.3 is 67.0 Å². The van der Waals surface area contributed by atoms with Crippen molar-refractivity contribution >= 4 is 0 Å². The number of hydrogen-bond acceptors (Lipinski definition) is 0. The fourth-order valence-electron chi connectivity index (χ4n) is 0. The molecule has 0 heterocycles. The Morgan fingerprint density at radius 1 is 0.600 bits per heavy atom. The van der Waals surface area contributed by atoms with Crippen molar-refractivity contribution in [2.75, 3.05) is 0 Å². The molecule has 3 nitrogen and oxygen atoms in total. The summed E-state index contributed by atoms with van der Waals surface area (Å²) in [7, 11) is 0. The smallest absolute Gasteiger partial charge is 2.00 e. The predicted octanol–water partition coefficient (Wildman–Crippen LogP) is -0.359. The molecule has 0 fully saturated rings. The molecule has 0 rings (SSSR count). The van der Waals surface area contributed by atoms with Gasteiger partial charge in [-0.05, 0) is 0 Å². The molecule has 0 amide bonds. The molecule has 0 saturated carbocycles. The third-order valence-corrected chi connectivity index (χ3v) is 0. The van der Waals surface area contributed by atoms with Gasteiger partial charge in [-0.2, -0.15) is 0 Å². The molecule has 0 N–H and O–H groups in total. The van der Waals surface area contributed by atoms with E-state index in [4.69, 9.17) is 0 Å². The summed E-state index contributed by atoms with van der Waals surface area (Å²) in [6, 6.07) is 0. The van der Waals surface area contributed by atoms with Gasteiger partial charge in [0.25, 0.3) is 0 Å². The Labute approximate surface area is 82.0 Å². The van der Waals surface area contributed by atoms with Crippen molar-refractivity contribution in [3.8, 4) is 0 Å². The number of rotatable bonds is 0. The molecule has 0 aromatic heterocycles. The SMILES string of the molecule is [Ir+3].[O-2].[O-2].[O-2].[Yb+3]. The standard InChI is InChI=1S/Ir.3O.Yb/q+3;3*-2;+3. The molecule has 0 aromatic carbocycles. The summed E-state index contributed by atoms with van der Waals surface area (Å²) in [5.74, 6) is 0. The molecule has 0 bridgehead atoms. The first-order valence-corrected chi connectivity index (χ1v) is 0. The number of hydrogen-bond donors (Lipinski definition) is 0. The fourth-order valence-corrected chi connectivity index (χ4v) is 0. The van der Waals surface area contributed by atoms with Crippen molar-refractivity contribution in [1.82, 2.24) is 0 Å². The Kier molecular flexibility index (Phi) is 451. The van der Waals surface area contributed by atoms with Crippen molar-refractivity contribution in [2.24, 2.45) is 0 Å². The normalized spacial score (nSPS) is 0. The maximum absolute atomic E-state index is 0. The molecule has 0 spiro atoms. The summed E-state index contributed by atoms with van der Waals surface area (Å²) in [5, 5.41) is 0. The second kappa shape index (κ2) is 36.7. The Morgan fingerprint density at radius 2 is 0.600 bits per heavy atom. The molecule has 5 heavy (non-hydrogen) atoms. The zero-order chi connectivity index (χ0) is 0. The van der Waals surface area contributed by atoms with Crippen molar-refractivity contribution < 1.29 is 83.5 Å². The minimum Gasteiger partial charge on any atom is -2.00 e. The van der Waals surface area contributed by atoms with Crippen LogP contribution in [0.4, 0.5) is 0 Å². The van der Waals surface area contributed by atoms with Crippen LogP contribution in [0, 0.1) is 46.9 Å². The molecule has 0 atom stereocenters. The van der Waals surface area contributed by atoms with E-state index >= 15 is 0 Å². The molecule has 0 unspecified atom stereocenters. The van der Waals surface area contributed by atoms with Crippen molar-refractivity contribution in [3.63, 3.8) is 0 Å². The predicted molar refractivity (Wildman–Crippen MR) is 2.06 cm³/mol. The summed E-state index contributed by atoms with van der Waals surface area (Å²) in [6.45, 7) is 0. The molecule has 0 aliphatic rings. The first-order chi connectivity index (χ1) is 0. The quantitative estimate of drug-likeness (QED) is 0.520. The van der Waals surface area contributed by atoms with Crippen LogP contribution >= 0.6 is 0 Å². The molecular formula is IrO3Yb. The minimum atomic E-state index is 0. The van der Waals surface area contributed by atoms with Gasteiger partial charge in [-0.15, -0.1) is 0 Å². The van der Waals surface area contributed by atoms with Gasteiger partial charge < -0.3 is 16.4 Å². The van der Waals surface area contributed by atoms with Crippen molar-refractivity contribution in [1.29, 1.82) is 0 Å². The molecule has 0 aromatic rings. The first kappa shape index (κ1) is 61.4.